The fraction of sp³-hybridized carbons (Fsp3) is 0.263. The van der Waals surface area contributed by atoms with Crippen LogP contribution < -0.4 is 10.9 Å². The molecule has 1 atom stereocenters. The summed E-state index contributed by atoms with van der Waals surface area (Å²) in [5.74, 6) is -0.0368. The Bertz CT molecular complexity index is 794. The van der Waals surface area contributed by atoms with Crippen LogP contribution in [0, 0.1) is 0 Å². The summed E-state index contributed by atoms with van der Waals surface area (Å²) >= 11 is 7.58. The standard InChI is InChI=1S/C19H19ClN2O3S/c20-16-9-3-1-7-14(16)18(23)21-22-19(24)15-8-2-4-10-17(15)26-12-13-6-5-11-25-13/h1-4,7-10,13H,5-6,11-12H2,(H,21,23)(H,22,24). The van der Waals surface area contributed by atoms with Gasteiger partial charge in [-0.15, -0.1) is 11.8 Å². The van der Waals surface area contributed by atoms with Crippen molar-refractivity contribution in [3.05, 3.63) is 64.7 Å². The first-order valence-corrected chi connectivity index (χ1v) is 9.70. The number of carbonyl (C=O) groups excluding carboxylic acids is 2. The van der Waals surface area contributed by atoms with Crippen LogP contribution in [0.3, 0.4) is 0 Å². The number of carbonyl (C=O) groups is 2. The van der Waals surface area contributed by atoms with E-state index in [2.05, 4.69) is 10.9 Å². The zero-order chi connectivity index (χ0) is 18.4. The Morgan fingerprint density at radius 1 is 1.04 bits per heavy atom. The summed E-state index contributed by atoms with van der Waals surface area (Å²) in [6.07, 6.45) is 2.37. The number of ether oxygens (including phenoxy) is 1. The topological polar surface area (TPSA) is 67.4 Å². The van der Waals surface area contributed by atoms with Crippen molar-refractivity contribution < 1.29 is 14.3 Å². The second-order valence-corrected chi connectivity index (χ2v) is 7.30. The van der Waals surface area contributed by atoms with E-state index in [9.17, 15) is 9.59 Å². The zero-order valence-corrected chi connectivity index (χ0v) is 15.6. The Labute approximate surface area is 161 Å². The molecule has 2 N–H and O–H groups in total. The Morgan fingerprint density at radius 2 is 1.69 bits per heavy atom. The number of halogens is 1. The Hall–Kier alpha value is -2.02. The molecule has 2 aromatic rings. The quantitative estimate of drug-likeness (QED) is 0.603. The minimum absolute atomic E-state index is 0.232. The molecule has 7 heteroatoms. The first kappa shape index (κ1) is 18.8. The van der Waals surface area contributed by atoms with Crippen LogP contribution in [0.5, 0.6) is 0 Å². The summed E-state index contributed by atoms with van der Waals surface area (Å²) in [4.78, 5) is 25.5. The van der Waals surface area contributed by atoms with Crippen molar-refractivity contribution in [1.82, 2.24) is 10.9 Å². The highest BCUT2D eigenvalue weighted by Gasteiger charge is 2.18. The van der Waals surface area contributed by atoms with Gasteiger partial charge in [-0.25, -0.2) is 0 Å². The van der Waals surface area contributed by atoms with Crippen molar-refractivity contribution in [2.24, 2.45) is 0 Å². The Morgan fingerprint density at radius 3 is 2.38 bits per heavy atom. The molecule has 1 aliphatic rings. The van der Waals surface area contributed by atoms with Gasteiger partial charge in [-0.05, 0) is 37.1 Å². The minimum atomic E-state index is -0.464. The Kier molecular flexibility index (Phi) is 6.55. The number of hydrogen-bond acceptors (Lipinski definition) is 4. The molecule has 0 aromatic heterocycles. The normalized spacial score (nSPS) is 16.3. The molecule has 0 radical (unpaired) electrons. The first-order valence-electron chi connectivity index (χ1n) is 8.34. The molecule has 0 spiro atoms. The van der Waals surface area contributed by atoms with Crippen LogP contribution in [0.1, 0.15) is 33.6 Å². The third-order valence-corrected chi connectivity index (χ3v) is 5.52. The van der Waals surface area contributed by atoms with E-state index < -0.39 is 5.91 Å². The lowest BCUT2D eigenvalue weighted by molar-refractivity contribution is 0.0845. The van der Waals surface area contributed by atoms with Crippen molar-refractivity contribution in [2.75, 3.05) is 12.4 Å². The summed E-state index contributed by atoms with van der Waals surface area (Å²) in [7, 11) is 0. The fourth-order valence-corrected chi connectivity index (χ4v) is 3.97. The first-order chi connectivity index (χ1) is 12.6. The molecule has 0 bridgehead atoms. The number of thioether (sulfide) groups is 1. The Balaban J connectivity index is 1.60. The molecule has 26 heavy (non-hydrogen) atoms. The van der Waals surface area contributed by atoms with E-state index in [0.717, 1.165) is 30.1 Å². The molecule has 1 heterocycles. The summed E-state index contributed by atoms with van der Waals surface area (Å²) in [5, 5.41) is 0.326. The van der Waals surface area contributed by atoms with E-state index >= 15 is 0 Å². The van der Waals surface area contributed by atoms with Crippen molar-refractivity contribution in [1.29, 1.82) is 0 Å². The van der Waals surface area contributed by atoms with Crippen molar-refractivity contribution in [3.8, 4) is 0 Å². The van der Waals surface area contributed by atoms with Gasteiger partial charge in [0.2, 0.25) is 0 Å². The number of nitrogens with one attached hydrogen (secondary N) is 2. The molecule has 1 aliphatic heterocycles. The zero-order valence-electron chi connectivity index (χ0n) is 14.0. The highest BCUT2D eigenvalue weighted by molar-refractivity contribution is 7.99. The highest BCUT2D eigenvalue weighted by atomic mass is 35.5. The number of rotatable bonds is 5. The fourth-order valence-electron chi connectivity index (χ4n) is 2.63. The lowest BCUT2D eigenvalue weighted by Crippen LogP contribution is -2.41. The summed E-state index contributed by atoms with van der Waals surface area (Å²) in [6, 6.07) is 14.0. The van der Waals surface area contributed by atoms with Crippen LogP contribution in [0.4, 0.5) is 0 Å². The molecule has 5 nitrogen and oxygen atoms in total. The van der Waals surface area contributed by atoms with Gasteiger partial charge in [-0.1, -0.05) is 35.9 Å². The lowest BCUT2D eigenvalue weighted by Gasteiger charge is -2.13. The molecule has 2 aromatic carbocycles. The van der Waals surface area contributed by atoms with Gasteiger partial charge < -0.3 is 4.74 Å². The third-order valence-electron chi connectivity index (χ3n) is 3.99. The molecule has 0 aliphatic carbocycles. The van der Waals surface area contributed by atoms with Crippen molar-refractivity contribution in [2.45, 2.75) is 23.8 Å². The minimum Gasteiger partial charge on any atom is -0.377 e. The third kappa shape index (κ3) is 4.78. The van der Waals surface area contributed by atoms with E-state index in [0.29, 0.717) is 16.1 Å². The van der Waals surface area contributed by atoms with Gasteiger partial charge >= 0.3 is 0 Å². The van der Waals surface area contributed by atoms with Gasteiger partial charge in [0.1, 0.15) is 0 Å². The van der Waals surface area contributed by atoms with E-state index in [4.69, 9.17) is 16.3 Å². The second kappa shape index (κ2) is 9.07. The number of benzene rings is 2. The average molecular weight is 391 g/mol. The SMILES string of the molecule is O=C(NNC(=O)c1ccccc1SCC1CCCO1)c1ccccc1Cl. The smallest absolute Gasteiger partial charge is 0.271 e. The largest absolute Gasteiger partial charge is 0.377 e. The van der Waals surface area contributed by atoms with Crippen LogP contribution in [-0.2, 0) is 4.74 Å². The van der Waals surface area contributed by atoms with Crippen LogP contribution in [0.15, 0.2) is 53.4 Å². The van der Waals surface area contributed by atoms with Crippen LogP contribution in [0.2, 0.25) is 5.02 Å². The number of amides is 2. The molecular formula is C19H19ClN2O3S. The molecule has 0 saturated carbocycles. The summed E-state index contributed by atoms with van der Waals surface area (Å²) < 4.78 is 5.62. The predicted octanol–water partition coefficient (Wildman–Crippen LogP) is 3.69. The van der Waals surface area contributed by atoms with Gasteiger partial charge in [-0.2, -0.15) is 0 Å². The molecule has 2 amide bonds. The number of hydrogen-bond donors (Lipinski definition) is 2. The van der Waals surface area contributed by atoms with Gasteiger partial charge in [-0.3, -0.25) is 20.4 Å². The molecule has 136 valence electrons. The van der Waals surface area contributed by atoms with Crippen LogP contribution in [-0.4, -0.2) is 30.3 Å². The average Bonchev–Trinajstić information content (AvgIpc) is 3.18. The molecule has 1 fully saturated rings. The van der Waals surface area contributed by atoms with E-state index in [1.807, 2.05) is 12.1 Å². The van der Waals surface area contributed by atoms with Gasteiger partial charge in [0, 0.05) is 17.3 Å². The monoisotopic (exact) mass is 390 g/mol. The van der Waals surface area contributed by atoms with Gasteiger partial charge in [0.25, 0.3) is 11.8 Å². The van der Waals surface area contributed by atoms with Gasteiger partial charge in [0.05, 0.1) is 22.3 Å². The maximum Gasteiger partial charge on any atom is 0.271 e. The molecule has 3 rings (SSSR count). The van der Waals surface area contributed by atoms with E-state index in [1.165, 1.54) is 0 Å². The van der Waals surface area contributed by atoms with Crippen LogP contribution in [0.25, 0.3) is 0 Å². The summed E-state index contributed by atoms with van der Waals surface area (Å²) in [5.41, 5.74) is 5.67. The van der Waals surface area contributed by atoms with E-state index in [-0.39, 0.29) is 12.0 Å². The molecule has 1 unspecified atom stereocenters. The lowest BCUT2D eigenvalue weighted by atomic mass is 10.2. The maximum atomic E-state index is 12.5. The van der Waals surface area contributed by atoms with Crippen molar-refractivity contribution >= 4 is 35.2 Å². The highest BCUT2D eigenvalue weighted by Crippen LogP contribution is 2.26. The van der Waals surface area contributed by atoms with E-state index in [1.54, 1.807) is 48.2 Å². The van der Waals surface area contributed by atoms with Gasteiger partial charge in [0.15, 0.2) is 0 Å². The molecular weight excluding hydrogens is 372 g/mol. The predicted molar refractivity (Wildman–Crippen MR) is 103 cm³/mol. The second-order valence-electron chi connectivity index (χ2n) is 5.83. The molecule has 1 saturated heterocycles. The summed E-state index contributed by atoms with van der Waals surface area (Å²) in [6.45, 7) is 0.807. The maximum absolute atomic E-state index is 12.5. The van der Waals surface area contributed by atoms with Crippen molar-refractivity contribution in [3.63, 3.8) is 0 Å². The van der Waals surface area contributed by atoms with Crippen LogP contribution >= 0.6 is 23.4 Å². The number of hydrazine groups is 1.